The maximum Gasteiger partial charge on any atom is 0.229 e. The van der Waals surface area contributed by atoms with Crippen LogP contribution in [-0.2, 0) is 11.6 Å². The Morgan fingerprint density at radius 3 is 2.48 bits per heavy atom. The average molecular weight is 713 g/mol. The Kier molecular flexibility index (Phi) is 9.65. The summed E-state index contributed by atoms with van der Waals surface area (Å²) < 4.78 is 35.3. The van der Waals surface area contributed by atoms with Crippen molar-refractivity contribution in [3.05, 3.63) is 59.2 Å². The number of hydrogen-bond donors (Lipinski definition) is 3. The van der Waals surface area contributed by atoms with Crippen LogP contribution in [0.15, 0.2) is 53.4 Å². The Bertz CT molecular complexity index is 1750. The molecule has 2 aliphatic rings. The Labute approximate surface area is 277 Å². The van der Waals surface area contributed by atoms with Crippen LogP contribution < -0.4 is 30.9 Å². The maximum absolute atomic E-state index is 14.1. The van der Waals surface area contributed by atoms with Crippen molar-refractivity contribution in [1.82, 2.24) is 30.0 Å². The maximum atomic E-state index is 14.1. The number of hydrogen-bond acceptors (Lipinski definition) is 10. The summed E-state index contributed by atoms with van der Waals surface area (Å²) in [6.45, 7) is 9.47. The van der Waals surface area contributed by atoms with Crippen molar-refractivity contribution >= 4 is 57.2 Å². The molecule has 0 bridgehead atoms. The molecule has 0 saturated carbocycles. The number of anilines is 5. The van der Waals surface area contributed by atoms with Gasteiger partial charge >= 0.3 is 0 Å². The Balaban J connectivity index is 1.30. The summed E-state index contributed by atoms with van der Waals surface area (Å²) in [5.74, 6) is 0.976. The number of aryl methyl sites for hydroxylation is 1. The lowest BCUT2D eigenvalue weighted by Gasteiger charge is -2.41. The van der Waals surface area contributed by atoms with Gasteiger partial charge in [-0.3, -0.25) is 9.58 Å². The molecule has 4 aromatic rings. The first kappa shape index (κ1) is 32.4. The molecule has 46 heavy (non-hydrogen) atoms. The van der Waals surface area contributed by atoms with Gasteiger partial charge in [0.25, 0.3) is 0 Å². The second-order valence-electron chi connectivity index (χ2n) is 12.1. The molecule has 0 atom stereocenters. The molecule has 244 valence electrons. The van der Waals surface area contributed by atoms with Gasteiger partial charge in [0.15, 0.2) is 0 Å². The third-order valence-electron chi connectivity index (χ3n) is 8.59. The van der Waals surface area contributed by atoms with Crippen molar-refractivity contribution in [3.8, 4) is 16.9 Å². The van der Waals surface area contributed by atoms with Crippen molar-refractivity contribution in [2.45, 2.75) is 18.9 Å². The minimum absolute atomic E-state index is 0.325. The lowest BCUT2D eigenvalue weighted by molar-refractivity contribution is 0.150. The minimum atomic E-state index is -2.78. The number of nitrogens with one attached hydrogen (secondary N) is 3. The van der Waals surface area contributed by atoms with Gasteiger partial charge in [-0.1, -0.05) is 0 Å². The normalized spacial score (nSPS) is 16.4. The highest BCUT2D eigenvalue weighted by Crippen LogP contribution is 2.42. The molecule has 4 heterocycles. The molecule has 2 aromatic heterocycles. The molecule has 0 radical (unpaired) electrons. The molecular formula is C32H40BrFN9O2P. The van der Waals surface area contributed by atoms with E-state index in [1.807, 2.05) is 19.4 Å². The van der Waals surface area contributed by atoms with Crippen LogP contribution in [0.4, 0.5) is 33.2 Å². The molecule has 2 aliphatic heterocycles. The van der Waals surface area contributed by atoms with Gasteiger partial charge in [0.1, 0.15) is 24.5 Å². The highest BCUT2D eigenvalue weighted by molar-refractivity contribution is 9.10. The number of nitrogens with zero attached hydrogens (tertiary/aromatic N) is 6. The minimum Gasteiger partial charge on any atom is -0.494 e. The Hall–Kier alpha value is -3.51. The number of aromatic nitrogens is 4. The summed E-state index contributed by atoms with van der Waals surface area (Å²) in [6.07, 6.45) is 7.74. The molecular weight excluding hydrogens is 672 g/mol. The molecule has 6 rings (SSSR count). The van der Waals surface area contributed by atoms with Gasteiger partial charge < -0.3 is 30.2 Å². The zero-order valence-electron chi connectivity index (χ0n) is 26.6. The smallest absolute Gasteiger partial charge is 0.229 e. The number of piperazine rings is 1. The van der Waals surface area contributed by atoms with E-state index in [2.05, 4.69) is 63.9 Å². The molecule has 3 N–H and O–H groups in total. The van der Waals surface area contributed by atoms with E-state index in [9.17, 15) is 8.96 Å². The SMILES string of the molecule is COc1cc(N2CCC(N3CCNCC3)CC2)c(-c2cnn(C)c2)cc1Nc1ncc(Br)c(Nc2ccc(F)cc2P(C)(C)=O)n1. The second kappa shape index (κ2) is 13.7. The van der Waals surface area contributed by atoms with E-state index in [-0.39, 0.29) is 0 Å². The van der Waals surface area contributed by atoms with Crippen LogP contribution in [0.1, 0.15) is 12.8 Å². The third kappa shape index (κ3) is 7.22. The van der Waals surface area contributed by atoms with Gasteiger partial charge in [-0.25, -0.2) is 9.37 Å². The molecule has 0 amide bonds. The van der Waals surface area contributed by atoms with E-state index >= 15 is 0 Å². The van der Waals surface area contributed by atoms with Crippen LogP contribution in [0.5, 0.6) is 5.75 Å². The zero-order valence-corrected chi connectivity index (χ0v) is 29.0. The molecule has 11 nitrogen and oxygen atoms in total. The lowest BCUT2D eigenvalue weighted by atomic mass is 9.98. The molecule has 2 fully saturated rings. The van der Waals surface area contributed by atoms with Gasteiger partial charge in [0.2, 0.25) is 5.95 Å². The molecule has 0 spiro atoms. The first-order valence-electron chi connectivity index (χ1n) is 15.4. The largest absolute Gasteiger partial charge is 0.494 e. The number of piperidine rings is 1. The Morgan fingerprint density at radius 1 is 1.04 bits per heavy atom. The van der Waals surface area contributed by atoms with Crippen molar-refractivity contribution in [2.24, 2.45) is 7.05 Å². The van der Waals surface area contributed by atoms with E-state index in [1.165, 1.54) is 12.1 Å². The highest BCUT2D eigenvalue weighted by Gasteiger charge is 2.28. The van der Waals surface area contributed by atoms with Crippen molar-refractivity contribution in [3.63, 3.8) is 0 Å². The quantitative estimate of drug-likeness (QED) is 0.195. The van der Waals surface area contributed by atoms with Crippen LogP contribution in [0.3, 0.4) is 0 Å². The van der Waals surface area contributed by atoms with E-state index in [1.54, 1.807) is 37.4 Å². The van der Waals surface area contributed by atoms with E-state index < -0.39 is 13.0 Å². The van der Waals surface area contributed by atoms with Crippen LogP contribution in [-0.4, -0.2) is 90.4 Å². The van der Waals surface area contributed by atoms with Crippen LogP contribution in [0.2, 0.25) is 0 Å². The summed E-state index contributed by atoms with van der Waals surface area (Å²) in [7, 11) is 0.789. The van der Waals surface area contributed by atoms with Crippen LogP contribution in [0, 0.1) is 5.82 Å². The zero-order chi connectivity index (χ0) is 32.4. The monoisotopic (exact) mass is 711 g/mol. The first-order valence-corrected chi connectivity index (χ1v) is 18.8. The third-order valence-corrected chi connectivity index (χ3v) is 10.7. The van der Waals surface area contributed by atoms with Gasteiger partial charge in [-0.05, 0) is 66.4 Å². The standard InChI is InChI=1S/C32H40BrFN9O2P/c1-41-20-21(18-37-41)24-16-27(29(45-2)17-28(24)43-11-7-23(8-12-43)42-13-9-35-10-14-42)39-32-36-19-25(33)31(40-32)38-26-6-5-22(34)15-30(26)46(3,4)44/h5-6,15-20,23,35H,7-14H2,1-4H3,(H2,36,38,39,40). The fraction of sp³-hybridized carbons (Fsp3) is 0.406. The van der Waals surface area contributed by atoms with Crippen molar-refractivity contribution in [2.75, 3.05) is 75.2 Å². The highest BCUT2D eigenvalue weighted by atomic mass is 79.9. The molecule has 0 aliphatic carbocycles. The summed E-state index contributed by atoms with van der Waals surface area (Å²) >= 11 is 3.51. The lowest BCUT2D eigenvalue weighted by Crippen LogP contribution is -2.52. The summed E-state index contributed by atoms with van der Waals surface area (Å²) in [5, 5.41) is 14.9. The van der Waals surface area contributed by atoms with E-state index in [4.69, 9.17) is 9.72 Å². The number of benzene rings is 2. The molecule has 2 saturated heterocycles. The summed E-state index contributed by atoms with van der Waals surface area (Å²) in [5.41, 5.74) is 4.34. The second-order valence-corrected chi connectivity index (χ2v) is 16.2. The fourth-order valence-corrected chi connectivity index (χ4v) is 7.66. The fourth-order valence-electron chi connectivity index (χ4n) is 6.23. The summed E-state index contributed by atoms with van der Waals surface area (Å²) in [6, 6.07) is 8.95. The molecule has 2 aromatic carbocycles. The van der Waals surface area contributed by atoms with E-state index in [0.29, 0.717) is 44.7 Å². The number of rotatable bonds is 9. The Morgan fingerprint density at radius 2 is 1.80 bits per heavy atom. The predicted molar refractivity (Wildman–Crippen MR) is 187 cm³/mol. The molecule has 0 unspecified atom stereocenters. The van der Waals surface area contributed by atoms with Crippen molar-refractivity contribution < 1.29 is 13.7 Å². The van der Waals surface area contributed by atoms with Crippen LogP contribution >= 0.6 is 23.1 Å². The van der Waals surface area contributed by atoms with Crippen molar-refractivity contribution in [1.29, 1.82) is 0 Å². The van der Waals surface area contributed by atoms with Gasteiger partial charge in [-0.15, -0.1) is 0 Å². The first-order chi connectivity index (χ1) is 22.1. The van der Waals surface area contributed by atoms with E-state index in [0.717, 1.165) is 68.9 Å². The van der Waals surface area contributed by atoms with Crippen LogP contribution in [0.25, 0.3) is 11.1 Å². The predicted octanol–water partition coefficient (Wildman–Crippen LogP) is 5.40. The summed E-state index contributed by atoms with van der Waals surface area (Å²) in [4.78, 5) is 14.3. The van der Waals surface area contributed by atoms with Gasteiger partial charge in [0.05, 0.1) is 29.2 Å². The topological polar surface area (TPSA) is 112 Å². The average Bonchev–Trinajstić information content (AvgIpc) is 3.49. The molecule has 14 heteroatoms. The number of ether oxygens (including phenoxy) is 1. The number of halogens is 2. The van der Waals surface area contributed by atoms with Gasteiger partial charge in [0, 0.05) is 92.9 Å². The number of methoxy groups -OCH3 is 1. The van der Waals surface area contributed by atoms with Gasteiger partial charge in [-0.2, -0.15) is 10.1 Å².